The lowest BCUT2D eigenvalue weighted by Crippen LogP contribution is -1.94. The lowest BCUT2D eigenvalue weighted by atomic mass is 10.2. The summed E-state index contributed by atoms with van der Waals surface area (Å²) >= 11 is 1.42. The van der Waals surface area contributed by atoms with Gasteiger partial charge < -0.3 is 9.84 Å². The molecule has 0 radical (unpaired) electrons. The van der Waals surface area contributed by atoms with Crippen LogP contribution in [0.4, 0.5) is 0 Å². The lowest BCUT2D eigenvalue weighted by molar-refractivity contribution is -0.131. The Morgan fingerprint density at radius 3 is 3.10 bits per heavy atom. The summed E-state index contributed by atoms with van der Waals surface area (Å²) in [6.45, 7) is 2.49. The van der Waals surface area contributed by atoms with Crippen molar-refractivity contribution in [1.82, 2.24) is 4.98 Å². The summed E-state index contributed by atoms with van der Waals surface area (Å²) in [4.78, 5) is 15.4. The van der Waals surface area contributed by atoms with Crippen molar-refractivity contribution in [3.05, 3.63) is 52.0 Å². The SMILES string of the molecule is CCc1cccc(OCc2ncc(/C=C/C(=O)O)s2)c1. The van der Waals surface area contributed by atoms with Crippen molar-refractivity contribution in [2.45, 2.75) is 20.0 Å². The summed E-state index contributed by atoms with van der Waals surface area (Å²) in [7, 11) is 0. The highest BCUT2D eigenvalue weighted by atomic mass is 32.1. The Morgan fingerprint density at radius 1 is 1.50 bits per heavy atom. The predicted octanol–water partition coefficient (Wildman–Crippen LogP) is 3.38. The number of hydrogen-bond acceptors (Lipinski definition) is 4. The third kappa shape index (κ3) is 4.20. The maximum atomic E-state index is 10.4. The Kier molecular flexibility index (Phi) is 4.90. The Labute approximate surface area is 121 Å². The fraction of sp³-hybridized carbons (Fsp3) is 0.200. The van der Waals surface area contributed by atoms with E-state index in [1.54, 1.807) is 6.20 Å². The molecule has 104 valence electrons. The zero-order valence-corrected chi connectivity index (χ0v) is 11.9. The zero-order chi connectivity index (χ0) is 14.4. The first-order valence-electron chi connectivity index (χ1n) is 6.25. The minimum absolute atomic E-state index is 0.388. The molecule has 2 aromatic rings. The molecule has 4 nitrogen and oxygen atoms in total. The molecule has 0 unspecified atom stereocenters. The zero-order valence-electron chi connectivity index (χ0n) is 11.1. The molecule has 2 rings (SSSR count). The Balaban J connectivity index is 1.95. The Hall–Kier alpha value is -2.14. The van der Waals surface area contributed by atoms with Crippen molar-refractivity contribution >= 4 is 23.4 Å². The summed E-state index contributed by atoms with van der Waals surface area (Å²) in [6, 6.07) is 7.96. The number of ether oxygens (including phenoxy) is 1. The molecule has 0 saturated carbocycles. The van der Waals surface area contributed by atoms with E-state index in [9.17, 15) is 4.79 Å². The van der Waals surface area contributed by atoms with E-state index in [0.717, 1.165) is 28.1 Å². The van der Waals surface area contributed by atoms with Crippen molar-refractivity contribution in [3.63, 3.8) is 0 Å². The van der Waals surface area contributed by atoms with Crippen LogP contribution in [-0.2, 0) is 17.8 Å². The molecule has 0 saturated heterocycles. The Bertz CT molecular complexity index is 619. The van der Waals surface area contributed by atoms with Gasteiger partial charge in [0, 0.05) is 17.2 Å². The first kappa shape index (κ1) is 14.3. The molecule has 0 atom stereocenters. The quantitative estimate of drug-likeness (QED) is 0.828. The first-order chi connectivity index (χ1) is 9.67. The molecule has 0 aliphatic rings. The van der Waals surface area contributed by atoms with Crippen LogP contribution in [0.25, 0.3) is 6.08 Å². The number of carbonyl (C=O) groups is 1. The highest BCUT2D eigenvalue weighted by molar-refractivity contribution is 7.12. The van der Waals surface area contributed by atoms with E-state index in [-0.39, 0.29) is 0 Å². The van der Waals surface area contributed by atoms with E-state index >= 15 is 0 Å². The average molecular weight is 289 g/mol. The number of nitrogens with zero attached hydrogens (tertiary/aromatic N) is 1. The van der Waals surface area contributed by atoms with Crippen LogP contribution in [0.5, 0.6) is 5.75 Å². The number of rotatable bonds is 6. The van der Waals surface area contributed by atoms with Gasteiger partial charge in [0.05, 0.1) is 0 Å². The van der Waals surface area contributed by atoms with E-state index in [4.69, 9.17) is 9.84 Å². The second-order valence-electron chi connectivity index (χ2n) is 4.12. The number of hydrogen-bond donors (Lipinski definition) is 1. The van der Waals surface area contributed by atoms with Gasteiger partial charge in [-0.1, -0.05) is 19.1 Å². The molecule has 0 fully saturated rings. The van der Waals surface area contributed by atoms with E-state index in [0.29, 0.717) is 6.61 Å². The standard InChI is InChI=1S/C15H15NO3S/c1-2-11-4-3-5-12(8-11)19-10-14-16-9-13(20-14)6-7-15(17)18/h3-9H,2,10H2,1H3,(H,17,18)/b7-6+. The van der Waals surface area contributed by atoms with Crippen LogP contribution < -0.4 is 4.74 Å². The molecule has 5 heteroatoms. The number of aromatic nitrogens is 1. The molecule has 1 N–H and O–H groups in total. The van der Waals surface area contributed by atoms with Gasteiger partial charge >= 0.3 is 5.97 Å². The van der Waals surface area contributed by atoms with Gasteiger partial charge in [-0.3, -0.25) is 0 Å². The van der Waals surface area contributed by atoms with Crippen molar-refractivity contribution < 1.29 is 14.6 Å². The minimum Gasteiger partial charge on any atom is -0.486 e. The van der Waals surface area contributed by atoms with Crippen LogP contribution in [-0.4, -0.2) is 16.1 Å². The lowest BCUT2D eigenvalue weighted by Gasteiger charge is -2.05. The smallest absolute Gasteiger partial charge is 0.328 e. The highest BCUT2D eigenvalue weighted by Crippen LogP contribution is 2.19. The minimum atomic E-state index is -0.965. The summed E-state index contributed by atoms with van der Waals surface area (Å²) in [5.41, 5.74) is 1.23. The number of thiazole rings is 1. The Morgan fingerprint density at radius 2 is 2.35 bits per heavy atom. The second-order valence-corrected chi connectivity index (χ2v) is 5.26. The van der Waals surface area contributed by atoms with Crippen molar-refractivity contribution in [2.24, 2.45) is 0 Å². The molecular weight excluding hydrogens is 274 g/mol. The van der Waals surface area contributed by atoms with Crippen molar-refractivity contribution in [3.8, 4) is 5.75 Å². The largest absolute Gasteiger partial charge is 0.486 e. The van der Waals surface area contributed by atoms with E-state index < -0.39 is 5.97 Å². The molecule has 1 aromatic carbocycles. The van der Waals surface area contributed by atoms with E-state index in [2.05, 4.69) is 18.0 Å². The third-order valence-electron chi connectivity index (χ3n) is 2.63. The van der Waals surface area contributed by atoms with E-state index in [1.165, 1.54) is 23.0 Å². The van der Waals surface area contributed by atoms with Crippen LogP contribution in [0.2, 0.25) is 0 Å². The molecule has 20 heavy (non-hydrogen) atoms. The number of benzene rings is 1. The number of aliphatic carboxylic acids is 1. The molecule has 0 aliphatic carbocycles. The van der Waals surface area contributed by atoms with Crippen LogP contribution >= 0.6 is 11.3 Å². The number of carboxylic acid groups (broad SMARTS) is 1. The van der Waals surface area contributed by atoms with Gasteiger partial charge in [-0.25, -0.2) is 9.78 Å². The van der Waals surface area contributed by atoms with Gasteiger partial charge in [0.25, 0.3) is 0 Å². The van der Waals surface area contributed by atoms with E-state index in [1.807, 2.05) is 18.2 Å². The van der Waals surface area contributed by atoms with Crippen LogP contribution in [0, 0.1) is 0 Å². The molecule has 1 aromatic heterocycles. The molecule has 0 bridgehead atoms. The van der Waals surface area contributed by atoms with Crippen LogP contribution in [0.15, 0.2) is 36.5 Å². The second kappa shape index (κ2) is 6.86. The third-order valence-corrected chi connectivity index (χ3v) is 3.57. The number of aryl methyl sites for hydroxylation is 1. The van der Waals surface area contributed by atoms with Gasteiger partial charge in [-0.05, 0) is 30.2 Å². The molecule has 0 spiro atoms. The predicted molar refractivity (Wildman–Crippen MR) is 78.9 cm³/mol. The van der Waals surface area contributed by atoms with Crippen LogP contribution in [0.3, 0.4) is 0 Å². The summed E-state index contributed by atoms with van der Waals surface area (Å²) in [6.07, 6.45) is 5.24. The topological polar surface area (TPSA) is 59.4 Å². The summed E-state index contributed by atoms with van der Waals surface area (Å²) < 4.78 is 5.68. The maximum absolute atomic E-state index is 10.4. The molecule has 0 amide bonds. The van der Waals surface area contributed by atoms with Gasteiger partial charge in [0.1, 0.15) is 17.4 Å². The molecular formula is C15H15NO3S. The maximum Gasteiger partial charge on any atom is 0.328 e. The highest BCUT2D eigenvalue weighted by Gasteiger charge is 2.02. The van der Waals surface area contributed by atoms with Crippen molar-refractivity contribution in [1.29, 1.82) is 0 Å². The van der Waals surface area contributed by atoms with Gasteiger partial charge in [-0.15, -0.1) is 11.3 Å². The number of carboxylic acids is 1. The van der Waals surface area contributed by atoms with Crippen molar-refractivity contribution in [2.75, 3.05) is 0 Å². The summed E-state index contributed by atoms with van der Waals surface area (Å²) in [5, 5.41) is 9.37. The fourth-order valence-corrected chi connectivity index (χ4v) is 2.36. The molecule has 0 aliphatic heterocycles. The van der Waals surface area contributed by atoms with Gasteiger partial charge in [0.15, 0.2) is 0 Å². The van der Waals surface area contributed by atoms with Gasteiger partial charge in [-0.2, -0.15) is 0 Å². The first-order valence-corrected chi connectivity index (χ1v) is 7.06. The average Bonchev–Trinajstić information content (AvgIpc) is 2.91. The van der Waals surface area contributed by atoms with Gasteiger partial charge in [0.2, 0.25) is 0 Å². The normalized spacial score (nSPS) is 10.8. The molecule has 1 heterocycles. The monoisotopic (exact) mass is 289 g/mol. The summed E-state index contributed by atoms with van der Waals surface area (Å²) in [5.74, 6) is -0.144. The fourth-order valence-electron chi connectivity index (χ4n) is 1.62. The van der Waals surface area contributed by atoms with Crippen LogP contribution in [0.1, 0.15) is 22.4 Å².